The van der Waals surface area contributed by atoms with Gasteiger partial charge in [0.15, 0.2) is 0 Å². The molecule has 10 nitrogen and oxygen atoms in total. The Labute approximate surface area is 170 Å². The number of nitrogens with zero attached hydrogens (tertiary/aromatic N) is 2. The molecule has 0 aliphatic carbocycles. The van der Waals surface area contributed by atoms with Gasteiger partial charge in [0, 0.05) is 13.1 Å². The van der Waals surface area contributed by atoms with Gasteiger partial charge in [-0.1, -0.05) is 0 Å². The van der Waals surface area contributed by atoms with E-state index in [1.165, 1.54) is 11.8 Å². The van der Waals surface area contributed by atoms with Gasteiger partial charge < -0.3 is 31.3 Å². The van der Waals surface area contributed by atoms with E-state index in [1.54, 1.807) is 4.90 Å². The number of carbonyl (C=O) groups excluding carboxylic acids is 4. The minimum atomic E-state index is -1.19. The molecule has 0 aromatic carbocycles. The molecular formula is C19H31N5O5. The first-order chi connectivity index (χ1) is 13.8. The van der Waals surface area contributed by atoms with Crippen LogP contribution in [0, 0.1) is 0 Å². The van der Waals surface area contributed by atoms with Gasteiger partial charge >= 0.3 is 0 Å². The Morgan fingerprint density at radius 3 is 2.28 bits per heavy atom. The van der Waals surface area contributed by atoms with E-state index in [-0.39, 0.29) is 11.9 Å². The summed E-state index contributed by atoms with van der Waals surface area (Å²) in [5, 5.41) is 15.9. The maximum absolute atomic E-state index is 12.9. The van der Waals surface area contributed by atoms with E-state index < -0.39 is 42.0 Å². The van der Waals surface area contributed by atoms with Gasteiger partial charge in [0.2, 0.25) is 23.6 Å². The second kappa shape index (κ2) is 9.08. The summed E-state index contributed by atoms with van der Waals surface area (Å²) in [5.74, 6) is -1.66. The zero-order chi connectivity index (χ0) is 21.1. The summed E-state index contributed by atoms with van der Waals surface area (Å²) in [5.41, 5.74) is 5.38. The van der Waals surface area contributed by atoms with Gasteiger partial charge in [-0.2, -0.15) is 0 Å². The van der Waals surface area contributed by atoms with E-state index in [9.17, 15) is 24.3 Å². The van der Waals surface area contributed by atoms with E-state index in [4.69, 9.17) is 5.73 Å². The molecule has 0 bridgehead atoms. The number of rotatable bonds is 6. The molecule has 4 amide bonds. The maximum Gasteiger partial charge on any atom is 0.248 e. The lowest BCUT2D eigenvalue weighted by Gasteiger charge is -2.31. The average Bonchev–Trinajstić information content (AvgIpc) is 3.44. The lowest BCUT2D eigenvalue weighted by atomic mass is 10.1. The molecule has 162 valence electrons. The first-order valence-corrected chi connectivity index (χ1v) is 10.4. The molecule has 0 spiro atoms. The standard InChI is InChI=1S/C19H31N5O5/c1-11(25)15(19(29)23-9-3-6-13(23)16(20)26)22-17(27)14-7-4-10-24(14)18(28)12-5-2-8-21-12/h11-15,21,25H,2-10H2,1H3,(H2,20,26)(H,22,27)/t11-,12-,13+,14+,15+/m1/s1. The molecule has 0 aromatic heterocycles. The molecule has 0 saturated carbocycles. The van der Waals surface area contributed by atoms with Gasteiger partial charge in [-0.25, -0.2) is 0 Å². The zero-order valence-corrected chi connectivity index (χ0v) is 16.8. The molecule has 3 aliphatic heterocycles. The van der Waals surface area contributed by atoms with Crippen molar-refractivity contribution in [3.63, 3.8) is 0 Å². The maximum atomic E-state index is 12.9. The lowest BCUT2D eigenvalue weighted by molar-refractivity contribution is -0.145. The first kappa shape index (κ1) is 21.5. The highest BCUT2D eigenvalue weighted by Gasteiger charge is 2.42. The van der Waals surface area contributed by atoms with Crippen molar-refractivity contribution in [2.24, 2.45) is 5.73 Å². The van der Waals surface area contributed by atoms with Gasteiger partial charge in [0.1, 0.15) is 18.1 Å². The van der Waals surface area contributed by atoms with E-state index in [0.29, 0.717) is 38.8 Å². The predicted molar refractivity (Wildman–Crippen MR) is 103 cm³/mol. The summed E-state index contributed by atoms with van der Waals surface area (Å²) in [6.07, 6.45) is 2.86. The Kier molecular flexibility index (Phi) is 6.74. The molecule has 3 aliphatic rings. The van der Waals surface area contributed by atoms with Crippen LogP contribution < -0.4 is 16.4 Å². The third-order valence-corrected chi connectivity index (χ3v) is 6.11. The molecule has 3 fully saturated rings. The van der Waals surface area contributed by atoms with Crippen LogP contribution >= 0.6 is 0 Å². The molecule has 3 rings (SSSR count). The van der Waals surface area contributed by atoms with Gasteiger partial charge in [0.25, 0.3) is 0 Å². The second-order valence-corrected chi connectivity index (χ2v) is 8.16. The van der Waals surface area contributed by atoms with Crippen LogP contribution in [0.15, 0.2) is 0 Å². The number of hydrogen-bond donors (Lipinski definition) is 4. The van der Waals surface area contributed by atoms with Crippen molar-refractivity contribution >= 4 is 23.6 Å². The van der Waals surface area contributed by atoms with Gasteiger partial charge in [-0.3, -0.25) is 19.2 Å². The highest BCUT2D eigenvalue weighted by Crippen LogP contribution is 2.22. The predicted octanol–water partition coefficient (Wildman–Crippen LogP) is -1.93. The number of amides is 4. The van der Waals surface area contributed by atoms with Crippen LogP contribution in [0.5, 0.6) is 0 Å². The van der Waals surface area contributed by atoms with Crippen molar-refractivity contribution in [3.8, 4) is 0 Å². The number of likely N-dealkylation sites (tertiary alicyclic amines) is 2. The average molecular weight is 409 g/mol. The Bertz CT molecular complexity index is 663. The Hall–Kier alpha value is -2.20. The molecule has 0 radical (unpaired) electrons. The largest absolute Gasteiger partial charge is 0.391 e. The van der Waals surface area contributed by atoms with E-state index in [1.807, 2.05) is 0 Å². The van der Waals surface area contributed by atoms with Crippen LogP contribution in [0.2, 0.25) is 0 Å². The summed E-state index contributed by atoms with van der Waals surface area (Å²) in [6, 6.07) is -2.84. The normalized spacial score (nSPS) is 29.0. The van der Waals surface area contributed by atoms with Crippen LogP contribution in [-0.2, 0) is 19.2 Å². The van der Waals surface area contributed by atoms with Gasteiger partial charge in [0.05, 0.1) is 12.1 Å². The summed E-state index contributed by atoms with van der Waals surface area (Å²) in [6.45, 7) is 3.06. The van der Waals surface area contributed by atoms with Crippen molar-refractivity contribution in [3.05, 3.63) is 0 Å². The molecule has 0 unspecified atom stereocenters. The summed E-state index contributed by atoms with van der Waals surface area (Å²) in [4.78, 5) is 53.1. The van der Waals surface area contributed by atoms with Crippen LogP contribution in [0.4, 0.5) is 0 Å². The number of aliphatic hydroxyl groups excluding tert-OH is 1. The monoisotopic (exact) mass is 409 g/mol. The van der Waals surface area contributed by atoms with E-state index in [0.717, 1.165) is 19.4 Å². The van der Waals surface area contributed by atoms with E-state index >= 15 is 0 Å². The summed E-state index contributed by atoms with van der Waals surface area (Å²) >= 11 is 0. The second-order valence-electron chi connectivity index (χ2n) is 8.16. The molecule has 29 heavy (non-hydrogen) atoms. The van der Waals surface area contributed by atoms with Crippen LogP contribution in [-0.4, -0.2) is 88.4 Å². The molecule has 3 saturated heterocycles. The van der Waals surface area contributed by atoms with Crippen LogP contribution in [0.3, 0.4) is 0 Å². The molecule has 5 N–H and O–H groups in total. The molecule has 10 heteroatoms. The van der Waals surface area contributed by atoms with Crippen LogP contribution in [0.25, 0.3) is 0 Å². The third-order valence-electron chi connectivity index (χ3n) is 6.11. The highest BCUT2D eigenvalue weighted by atomic mass is 16.3. The molecule has 5 atom stereocenters. The number of hydrogen-bond acceptors (Lipinski definition) is 6. The Morgan fingerprint density at radius 1 is 1.03 bits per heavy atom. The van der Waals surface area contributed by atoms with Crippen molar-refractivity contribution in [2.45, 2.75) is 75.7 Å². The number of nitrogens with one attached hydrogen (secondary N) is 2. The lowest BCUT2D eigenvalue weighted by Crippen LogP contribution is -2.59. The van der Waals surface area contributed by atoms with Crippen molar-refractivity contribution < 1.29 is 24.3 Å². The fraction of sp³-hybridized carbons (Fsp3) is 0.789. The quantitative estimate of drug-likeness (QED) is 0.402. The Balaban J connectivity index is 1.68. The molecule has 0 aromatic rings. The van der Waals surface area contributed by atoms with Crippen LogP contribution in [0.1, 0.15) is 45.4 Å². The van der Waals surface area contributed by atoms with Crippen molar-refractivity contribution in [2.75, 3.05) is 19.6 Å². The van der Waals surface area contributed by atoms with Crippen molar-refractivity contribution in [1.29, 1.82) is 0 Å². The van der Waals surface area contributed by atoms with Gasteiger partial charge in [-0.05, 0) is 52.0 Å². The number of primary amides is 1. The number of aliphatic hydroxyl groups is 1. The molecular weight excluding hydrogens is 378 g/mol. The third kappa shape index (κ3) is 4.53. The minimum Gasteiger partial charge on any atom is -0.391 e. The first-order valence-electron chi connectivity index (χ1n) is 10.4. The minimum absolute atomic E-state index is 0.0894. The topological polar surface area (TPSA) is 145 Å². The number of carbonyl (C=O) groups is 4. The highest BCUT2D eigenvalue weighted by molar-refractivity contribution is 5.95. The summed E-state index contributed by atoms with van der Waals surface area (Å²) in [7, 11) is 0. The van der Waals surface area contributed by atoms with Crippen molar-refractivity contribution in [1.82, 2.24) is 20.4 Å². The zero-order valence-electron chi connectivity index (χ0n) is 16.8. The fourth-order valence-corrected chi connectivity index (χ4v) is 4.54. The smallest absolute Gasteiger partial charge is 0.248 e. The molecule has 3 heterocycles. The number of nitrogens with two attached hydrogens (primary N) is 1. The summed E-state index contributed by atoms with van der Waals surface area (Å²) < 4.78 is 0. The SMILES string of the molecule is C[C@@H](O)[C@H](NC(=O)[C@@H]1CCCN1C(=O)[C@H]1CCCN1)C(=O)N1CCC[C@H]1C(N)=O. The van der Waals surface area contributed by atoms with Gasteiger partial charge in [-0.15, -0.1) is 0 Å². The fourth-order valence-electron chi connectivity index (χ4n) is 4.54. The Morgan fingerprint density at radius 2 is 1.69 bits per heavy atom. The van der Waals surface area contributed by atoms with E-state index in [2.05, 4.69) is 10.6 Å².